The first-order valence-corrected chi connectivity index (χ1v) is 4.78. The molecule has 0 aromatic heterocycles. The molecule has 3 N–H and O–H groups in total. The van der Waals surface area contributed by atoms with E-state index in [1.165, 1.54) is 7.05 Å². The molecule has 0 heterocycles. The highest BCUT2D eigenvalue weighted by Crippen LogP contribution is 2.19. The lowest BCUT2D eigenvalue weighted by Gasteiger charge is -2.29. The van der Waals surface area contributed by atoms with Crippen LogP contribution in [-0.2, 0) is 5.54 Å². The molecule has 1 aromatic rings. The molecule has 0 spiro atoms. The average Bonchev–Trinajstić information content (AvgIpc) is 2.30. The van der Waals surface area contributed by atoms with E-state index in [1.54, 1.807) is 6.92 Å². The van der Waals surface area contributed by atoms with Gasteiger partial charge in [0.05, 0.1) is 12.1 Å². The van der Waals surface area contributed by atoms with Crippen LogP contribution in [0.4, 0.5) is 4.79 Å². The van der Waals surface area contributed by atoms with Crippen LogP contribution >= 0.6 is 0 Å². The molecule has 1 atom stereocenters. The summed E-state index contributed by atoms with van der Waals surface area (Å²) in [4.78, 5) is 11.2. The van der Waals surface area contributed by atoms with Gasteiger partial charge in [-0.15, -0.1) is 0 Å². The molecule has 0 saturated carbocycles. The SMILES string of the molecule is CNC(=O)NC(C)(CO)c1ccccc1. The van der Waals surface area contributed by atoms with Crippen molar-refractivity contribution >= 4 is 6.03 Å². The number of aliphatic hydroxyl groups is 1. The maximum absolute atomic E-state index is 11.2. The van der Waals surface area contributed by atoms with E-state index >= 15 is 0 Å². The first kappa shape index (κ1) is 11.5. The molecule has 0 bridgehead atoms. The van der Waals surface area contributed by atoms with Gasteiger partial charge in [-0.25, -0.2) is 4.79 Å². The van der Waals surface area contributed by atoms with E-state index in [1.807, 2.05) is 30.3 Å². The minimum absolute atomic E-state index is 0.148. The van der Waals surface area contributed by atoms with Crippen LogP contribution in [0.2, 0.25) is 0 Å². The Labute approximate surface area is 89.3 Å². The first-order valence-electron chi connectivity index (χ1n) is 4.78. The molecule has 4 nitrogen and oxygen atoms in total. The van der Waals surface area contributed by atoms with Crippen LogP contribution in [0.15, 0.2) is 30.3 Å². The Hall–Kier alpha value is -1.55. The second-order valence-electron chi connectivity index (χ2n) is 3.56. The molecular formula is C11H16N2O2. The van der Waals surface area contributed by atoms with E-state index < -0.39 is 5.54 Å². The number of aliphatic hydroxyl groups excluding tert-OH is 1. The van der Waals surface area contributed by atoms with Gasteiger partial charge in [-0.1, -0.05) is 30.3 Å². The fraction of sp³-hybridized carbons (Fsp3) is 0.364. The summed E-state index contributed by atoms with van der Waals surface area (Å²) in [6.07, 6.45) is 0. The molecule has 0 radical (unpaired) electrons. The van der Waals surface area contributed by atoms with Gasteiger partial charge < -0.3 is 15.7 Å². The van der Waals surface area contributed by atoms with Crippen LogP contribution in [0.1, 0.15) is 12.5 Å². The van der Waals surface area contributed by atoms with Crippen LogP contribution in [0.25, 0.3) is 0 Å². The van der Waals surface area contributed by atoms with E-state index in [0.717, 1.165) is 5.56 Å². The zero-order valence-electron chi connectivity index (χ0n) is 8.95. The molecule has 4 heteroatoms. The molecule has 1 rings (SSSR count). The van der Waals surface area contributed by atoms with Gasteiger partial charge in [-0.2, -0.15) is 0 Å². The number of carbonyl (C=O) groups is 1. The minimum Gasteiger partial charge on any atom is -0.394 e. The predicted molar refractivity (Wildman–Crippen MR) is 58.5 cm³/mol. The smallest absolute Gasteiger partial charge is 0.315 e. The molecule has 15 heavy (non-hydrogen) atoms. The van der Waals surface area contributed by atoms with Crippen molar-refractivity contribution in [1.82, 2.24) is 10.6 Å². The number of carbonyl (C=O) groups excluding carboxylic acids is 1. The quantitative estimate of drug-likeness (QED) is 0.688. The molecule has 2 amide bonds. The van der Waals surface area contributed by atoms with E-state index in [2.05, 4.69) is 10.6 Å². The Bertz CT molecular complexity index is 327. The molecule has 0 aliphatic carbocycles. The molecule has 1 aromatic carbocycles. The molecule has 82 valence electrons. The second kappa shape index (κ2) is 4.79. The van der Waals surface area contributed by atoms with Gasteiger partial charge in [0.2, 0.25) is 0 Å². The van der Waals surface area contributed by atoms with Gasteiger partial charge in [0, 0.05) is 7.05 Å². The third-order valence-electron chi connectivity index (χ3n) is 2.34. The molecule has 0 fully saturated rings. The van der Waals surface area contributed by atoms with E-state index in [9.17, 15) is 9.90 Å². The van der Waals surface area contributed by atoms with Crippen molar-refractivity contribution in [1.29, 1.82) is 0 Å². The Morgan fingerprint density at radius 1 is 1.40 bits per heavy atom. The number of urea groups is 1. The standard InChI is InChI=1S/C11H16N2O2/c1-11(8-14,13-10(15)12-2)9-6-4-3-5-7-9/h3-7,14H,8H2,1-2H3,(H2,12,13,15). The topological polar surface area (TPSA) is 61.4 Å². The molecular weight excluding hydrogens is 192 g/mol. The summed E-state index contributed by atoms with van der Waals surface area (Å²) in [5.74, 6) is 0. The number of benzene rings is 1. The summed E-state index contributed by atoms with van der Waals surface area (Å²) < 4.78 is 0. The third kappa shape index (κ3) is 2.70. The summed E-state index contributed by atoms with van der Waals surface area (Å²) in [6.45, 7) is 1.63. The lowest BCUT2D eigenvalue weighted by molar-refractivity contribution is 0.172. The number of hydrogen-bond acceptors (Lipinski definition) is 2. The summed E-state index contributed by atoms with van der Waals surface area (Å²) in [5.41, 5.74) is 0.123. The van der Waals surface area contributed by atoms with Gasteiger partial charge in [0.1, 0.15) is 0 Å². The largest absolute Gasteiger partial charge is 0.394 e. The van der Waals surface area contributed by atoms with Crippen LogP contribution < -0.4 is 10.6 Å². The summed E-state index contributed by atoms with van der Waals surface area (Å²) in [6, 6.07) is 9.05. The molecule has 0 aliphatic heterocycles. The first-order chi connectivity index (χ1) is 7.12. The van der Waals surface area contributed by atoms with Crippen molar-refractivity contribution < 1.29 is 9.90 Å². The highest BCUT2D eigenvalue weighted by Gasteiger charge is 2.27. The van der Waals surface area contributed by atoms with E-state index in [4.69, 9.17) is 0 Å². The summed E-state index contributed by atoms with van der Waals surface area (Å²) in [5, 5.41) is 14.5. The number of rotatable bonds is 3. The van der Waals surface area contributed by atoms with Crippen LogP contribution in [0.3, 0.4) is 0 Å². The van der Waals surface area contributed by atoms with Crippen molar-refractivity contribution in [2.75, 3.05) is 13.7 Å². The second-order valence-corrected chi connectivity index (χ2v) is 3.56. The van der Waals surface area contributed by atoms with Crippen LogP contribution in [0, 0.1) is 0 Å². The monoisotopic (exact) mass is 208 g/mol. The fourth-order valence-electron chi connectivity index (χ4n) is 1.32. The molecule has 0 saturated heterocycles. The average molecular weight is 208 g/mol. The molecule has 0 aliphatic rings. The van der Waals surface area contributed by atoms with Gasteiger partial charge in [0.15, 0.2) is 0 Å². The van der Waals surface area contributed by atoms with Gasteiger partial charge in [-0.3, -0.25) is 0 Å². The zero-order chi connectivity index (χ0) is 11.3. The third-order valence-corrected chi connectivity index (χ3v) is 2.34. The van der Waals surface area contributed by atoms with Crippen LogP contribution in [-0.4, -0.2) is 24.8 Å². The maximum Gasteiger partial charge on any atom is 0.315 e. The minimum atomic E-state index is -0.749. The fourth-order valence-corrected chi connectivity index (χ4v) is 1.32. The number of nitrogens with one attached hydrogen (secondary N) is 2. The van der Waals surface area contributed by atoms with Gasteiger partial charge in [0.25, 0.3) is 0 Å². The molecule has 1 unspecified atom stereocenters. The summed E-state index contributed by atoms with van der Waals surface area (Å²) >= 11 is 0. The Balaban J connectivity index is 2.90. The maximum atomic E-state index is 11.2. The summed E-state index contributed by atoms with van der Waals surface area (Å²) in [7, 11) is 1.54. The zero-order valence-corrected chi connectivity index (χ0v) is 8.95. The number of amides is 2. The van der Waals surface area contributed by atoms with Crippen molar-refractivity contribution in [2.45, 2.75) is 12.5 Å². The lowest BCUT2D eigenvalue weighted by Crippen LogP contribution is -2.49. The van der Waals surface area contributed by atoms with E-state index in [0.29, 0.717) is 0 Å². The Morgan fingerprint density at radius 3 is 2.47 bits per heavy atom. The lowest BCUT2D eigenvalue weighted by atomic mass is 9.93. The highest BCUT2D eigenvalue weighted by molar-refractivity contribution is 5.74. The van der Waals surface area contributed by atoms with Crippen LogP contribution in [0.5, 0.6) is 0 Å². The predicted octanol–water partition coefficient (Wildman–Crippen LogP) is 0.823. The number of hydrogen-bond donors (Lipinski definition) is 3. The van der Waals surface area contributed by atoms with Crippen molar-refractivity contribution in [3.8, 4) is 0 Å². The van der Waals surface area contributed by atoms with Crippen molar-refractivity contribution in [2.24, 2.45) is 0 Å². The highest BCUT2D eigenvalue weighted by atomic mass is 16.3. The van der Waals surface area contributed by atoms with Crippen molar-refractivity contribution in [3.63, 3.8) is 0 Å². The van der Waals surface area contributed by atoms with Gasteiger partial charge in [-0.05, 0) is 12.5 Å². The van der Waals surface area contributed by atoms with E-state index in [-0.39, 0.29) is 12.6 Å². The Kier molecular flexibility index (Phi) is 3.68. The Morgan fingerprint density at radius 2 is 2.00 bits per heavy atom. The normalized spacial score (nSPS) is 14.1. The van der Waals surface area contributed by atoms with Gasteiger partial charge >= 0.3 is 6.03 Å². The van der Waals surface area contributed by atoms with Crippen molar-refractivity contribution in [3.05, 3.63) is 35.9 Å².